The molecule has 1 aromatic rings. The lowest BCUT2D eigenvalue weighted by Gasteiger charge is -2.28. The van der Waals surface area contributed by atoms with E-state index in [0.29, 0.717) is 19.4 Å². The zero-order chi connectivity index (χ0) is 16.4. The summed E-state index contributed by atoms with van der Waals surface area (Å²) in [5.74, 6) is -0.666. The van der Waals surface area contributed by atoms with Gasteiger partial charge in [-0.3, -0.25) is 0 Å². The Morgan fingerprint density at radius 3 is 2.57 bits per heavy atom. The molecule has 0 aromatic heterocycles. The first kappa shape index (κ1) is 20.2. The van der Waals surface area contributed by atoms with Crippen LogP contribution >= 0.6 is 12.4 Å². The average molecular weight is 373 g/mol. The van der Waals surface area contributed by atoms with Crippen molar-refractivity contribution in [3.05, 3.63) is 35.4 Å². The molecule has 0 radical (unpaired) electrons. The maximum absolute atomic E-state index is 12.9. The first-order valence-corrected chi connectivity index (χ1v) is 8.71. The van der Waals surface area contributed by atoms with Gasteiger partial charge in [0.25, 0.3) is 0 Å². The first-order chi connectivity index (χ1) is 10.2. The molecule has 23 heavy (non-hydrogen) atoms. The first-order valence-electron chi connectivity index (χ1n) is 7.06. The average Bonchev–Trinajstić information content (AvgIpc) is 2.36. The fourth-order valence-corrected chi connectivity index (χ4v) is 4.13. The van der Waals surface area contributed by atoms with Crippen molar-refractivity contribution in [2.75, 3.05) is 6.54 Å². The predicted molar refractivity (Wildman–Crippen MR) is 84.9 cm³/mol. The highest BCUT2D eigenvalue weighted by atomic mass is 35.5. The van der Waals surface area contributed by atoms with Crippen molar-refractivity contribution in [2.45, 2.75) is 43.8 Å². The van der Waals surface area contributed by atoms with Crippen molar-refractivity contribution in [1.29, 1.82) is 0 Å². The number of halogens is 4. The second-order valence-corrected chi connectivity index (χ2v) is 7.36. The third kappa shape index (κ3) is 5.95. The summed E-state index contributed by atoms with van der Waals surface area (Å²) in [6.07, 6.45) is -3.31. The second-order valence-electron chi connectivity index (χ2n) is 5.61. The number of rotatable bonds is 4. The van der Waals surface area contributed by atoms with Crippen molar-refractivity contribution in [1.82, 2.24) is 10.0 Å². The van der Waals surface area contributed by atoms with Crippen LogP contribution < -0.4 is 10.0 Å². The molecular weight excluding hydrogens is 353 g/mol. The molecular formula is C14H20ClF3N2O2S. The third-order valence-corrected chi connectivity index (χ3v) is 5.02. The minimum atomic E-state index is -4.56. The number of piperidine rings is 1. The van der Waals surface area contributed by atoms with Crippen molar-refractivity contribution in [3.63, 3.8) is 0 Å². The van der Waals surface area contributed by atoms with Gasteiger partial charge in [-0.05, 0) is 37.9 Å². The molecule has 132 valence electrons. The van der Waals surface area contributed by atoms with Crippen molar-refractivity contribution in [2.24, 2.45) is 0 Å². The summed E-state index contributed by atoms with van der Waals surface area (Å²) in [7, 11) is -3.82. The highest BCUT2D eigenvalue weighted by Crippen LogP contribution is 2.32. The van der Waals surface area contributed by atoms with E-state index in [0.717, 1.165) is 6.07 Å². The number of nitrogens with one attached hydrogen (secondary N) is 2. The quantitative estimate of drug-likeness (QED) is 0.854. The van der Waals surface area contributed by atoms with Gasteiger partial charge in [0.05, 0.1) is 11.3 Å². The van der Waals surface area contributed by atoms with Gasteiger partial charge in [-0.2, -0.15) is 13.2 Å². The zero-order valence-corrected chi connectivity index (χ0v) is 14.2. The van der Waals surface area contributed by atoms with Gasteiger partial charge < -0.3 is 5.32 Å². The second kappa shape index (κ2) is 7.83. The monoisotopic (exact) mass is 372 g/mol. The maximum Gasteiger partial charge on any atom is 0.416 e. The van der Waals surface area contributed by atoms with Gasteiger partial charge in [-0.1, -0.05) is 18.2 Å². The van der Waals surface area contributed by atoms with Crippen molar-refractivity contribution < 1.29 is 21.6 Å². The Balaban J connectivity index is 0.00000264. The van der Waals surface area contributed by atoms with Gasteiger partial charge >= 0.3 is 6.18 Å². The molecule has 1 aromatic carbocycles. The SMILES string of the molecule is CC1CC(NS(=O)(=O)Cc2ccccc2C(F)(F)F)CCN1.Cl. The molecule has 4 nitrogen and oxygen atoms in total. The highest BCUT2D eigenvalue weighted by molar-refractivity contribution is 7.88. The summed E-state index contributed by atoms with van der Waals surface area (Å²) in [4.78, 5) is 0. The zero-order valence-electron chi connectivity index (χ0n) is 12.6. The van der Waals surface area contributed by atoms with Crippen molar-refractivity contribution >= 4 is 22.4 Å². The van der Waals surface area contributed by atoms with Crippen LogP contribution in [0.1, 0.15) is 30.9 Å². The number of sulfonamides is 1. The molecule has 9 heteroatoms. The number of benzene rings is 1. The van der Waals surface area contributed by atoms with Crippen LogP contribution in [0, 0.1) is 0 Å². The molecule has 1 heterocycles. The molecule has 1 aliphatic rings. The lowest BCUT2D eigenvalue weighted by molar-refractivity contribution is -0.138. The van der Waals surface area contributed by atoms with Gasteiger partial charge in [-0.25, -0.2) is 13.1 Å². The summed E-state index contributed by atoms with van der Waals surface area (Å²) in [5, 5.41) is 3.19. The van der Waals surface area contributed by atoms with E-state index >= 15 is 0 Å². The van der Waals surface area contributed by atoms with Crippen LogP contribution in [-0.4, -0.2) is 27.0 Å². The molecule has 1 fully saturated rings. The van der Waals surface area contributed by atoms with Crippen LogP contribution in [0.2, 0.25) is 0 Å². The van der Waals surface area contributed by atoms with Gasteiger partial charge in [0.2, 0.25) is 10.0 Å². The molecule has 0 amide bonds. The van der Waals surface area contributed by atoms with Crippen LogP contribution in [0.4, 0.5) is 13.2 Å². The van der Waals surface area contributed by atoms with E-state index in [2.05, 4.69) is 10.0 Å². The van der Waals surface area contributed by atoms with Crippen LogP contribution in [0.15, 0.2) is 24.3 Å². The standard InChI is InChI=1S/C14H19F3N2O2S.ClH/c1-10-8-12(6-7-18-10)19-22(20,21)9-11-4-2-3-5-13(11)14(15,16)17;/h2-5,10,12,18-19H,6-9H2,1H3;1H. The largest absolute Gasteiger partial charge is 0.416 e. The van der Waals surface area contributed by atoms with Gasteiger partial charge in [-0.15, -0.1) is 12.4 Å². The molecule has 1 aliphatic heterocycles. The third-order valence-electron chi connectivity index (χ3n) is 3.64. The Kier molecular flexibility index (Phi) is 6.88. The lowest BCUT2D eigenvalue weighted by Crippen LogP contribution is -2.46. The van der Waals surface area contributed by atoms with Crippen LogP contribution in [0.5, 0.6) is 0 Å². The van der Waals surface area contributed by atoms with Gasteiger partial charge in [0, 0.05) is 12.1 Å². The molecule has 0 spiro atoms. The molecule has 2 N–H and O–H groups in total. The highest BCUT2D eigenvalue weighted by Gasteiger charge is 2.34. The Morgan fingerprint density at radius 2 is 1.96 bits per heavy atom. The fraction of sp³-hybridized carbons (Fsp3) is 0.571. The van der Waals surface area contributed by atoms with Crippen molar-refractivity contribution in [3.8, 4) is 0 Å². The van der Waals surface area contributed by atoms with Crippen LogP contribution in [-0.2, 0) is 22.0 Å². The summed E-state index contributed by atoms with van der Waals surface area (Å²) < 4.78 is 65.6. The number of hydrogen-bond donors (Lipinski definition) is 2. The molecule has 2 atom stereocenters. The molecule has 2 unspecified atom stereocenters. The Hall–Kier alpha value is -0.830. The molecule has 2 rings (SSSR count). The fourth-order valence-electron chi connectivity index (χ4n) is 2.66. The minimum absolute atomic E-state index is 0. The van der Waals surface area contributed by atoms with E-state index in [1.807, 2.05) is 6.92 Å². The van der Waals surface area contributed by atoms with E-state index in [1.165, 1.54) is 18.2 Å². The normalized spacial score (nSPS) is 22.4. The molecule has 0 aliphatic carbocycles. The van der Waals surface area contributed by atoms with E-state index in [4.69, 9.17) is 0 Å². The van der Waals surface area contributed by atoms with Gasteiger partial charge in [0.1, 0.15) is 0 Å². The predicted octanol–water partition coefficient (Wildman–Crippen LogP) is 2.69. The van der Waals surface area contributed by atoms with Crippen LogP contribution in [0.3, 0.4) is 0 Å². The summed E-state index contributed by atoms with van der Waals surface area (Å²) in [6, 6.07) is 4.71. The van der Waals surface area contributed by atoms with E-state index in [-0.39, 0.29) is 30.1 Å². The smallest absolute Gasteiger partial charge is 0.314 e. The number of alkyl halides is 3. The molecule has 0 saturated carbocycles. The van der Waals surface area contributed by atoms with Crippen LogP contribution in [0.25, 0.3) is 0 Å². The minimum Gasteiger partial charge on any atom is -0.314 e. The van der Waals surface area contributed by atoms with E-state index in [1.54, 1.807) is 0 Å². The molecule has 0 bridgehead atoms. The topological polar surface area (TPSA) is 58.2 Å². The summed E-state index contributed by atoms with van der Waals surface area (Å²) in [6.45, 7) is 2.63. The Morgan fingerprint density at radius 1 is 1.30 bits per heavy atom. The summed E-state index contributed by atoms with van der Waals surface area (Å²) in [5.41, 5.74) is -1.14. The van der Waals surface area contributed by atoms with Gasteiger partial charge in [0.15, 0.2) is 0 Å². The van der Waals surface area contributed by atoms with E-state index < -0.39 is 27.5 Å². The maximum atomic E-state index is 12.9. The molecule has 1 saturated heterocycles. The Labute approximate surface area is 140 Å². The van der Waals surface area contributed by atoms with E-state index in [9.17, 15) is 21.6 Å². The lowest BCUT2D eigenvalue weighted by atomic mass is 10.0. The summed E-state index contributed by atoms with van der Waals surface area (Å²) >= 11 is 0. The Bertz CT molecular complexity index is 623. The number of hydrogen-bond acceptors (Lipinski definition) is 3.